The van der Waals surface area contributed by atoms with Gasteiger partial charge in [-0.2, -0.15) is 18.3 Å². The van der Waals surface area contributed by atoms with Gasteiger partial charge in [0.05, 0.1) is 5.69 Å². The summed E-state index contributed by atoms with van der Waals surface area (Å²) in [4.78, 5) is 15.3. The van der Waals surface area contributed by atoms with E-state index in [1.54, 1.807) is 0 Å². The highest BCUT2D eigenvalue weighted by atomic mass is 19.4. The molecule has 0 spiro atoms. The first-order valence-corrected chi connectivity index (χ1v) is 10.1. The molecule has 176 valence electrons. The van der Waals surface area contributed by atoms with Gasteiger partial charge >= 0.3 is 6.18 Å². The average molecular weight is 471 g/mol. The van der Waals surface area contributed by atoms with Crippen LogP contribution in [-0.4, -0.2) is 26.1 Å². The van der Waals surface area contributed by atoms with Crippen LogP contribution >= 0.6 is 0 Å². The second-order valence-corrected chi connectivity index (χ2v) is 7.57. The highest BCUT2D eigenvalue weighted by Crippen LogP contribution is 2.29. The van der Waals surface area contributed by atoms with Crippen LogP contribution in [0.25, 0.3) is 16.4 Å². The number of rotatable bonds is 5. The molecule has 4 rings (SSSR count). The first-order chi connectivity index (χ1) is 16.1. The highest BCUT2D eigenvalue weighted by Gasteiger charge is 2.32. The molecule has 1 aromatic carbocycles. The third kappa shape index (κ3) is 5.05. The zero-order valence-electron chi connectivity index (χ0n) is 18.5. The van der Waals surface area contributed by atoms with Crippen molar-refractivity contribution < 1.29 is 27.2 Å². The van der Waals surface area contributed by atoms with Crippen molar-refractivity contribution in [3.8, 4) is 11.1 Å². The van der Waals surface area contributed by atoms with Crippen molar-refractivity contribution >= 4 is 17.6 Å². The number of anilines is 1. The number of urea groups is 1. The predicted octanol–water partition coefficient (Wildman–Crippen LogP) is 4.68. The summed E-state index contributed by atoms with van der Waals surface area (Å²) in [5, 5.41) is 14.2. The van der Waals surface area contributed by atoms with Crippen LogP contribution < -0.4 is 10.00 Å². The van der Waals surface area contributed by atoms with Gasteiger partial charge in [-0.25, -0.2) is 0 Å². The molecular formula is C22H20F3N7O2. The van der Waals surface area contributed by atoms with E-state index < -0.39 is 17.9 Å². The number of pyridine rings is 1. The summed E-state index contributed by atoms with van der Waals surface area (Å²) >= 11 is 0. The van der Waals surface area contributed by atoms with Gasteiger partial charge in [0.1, 0.15) is 5.69 Å². The van der Waals surface area contributed by atoms with Gasteiger partial charge in [-0.1, -0.05) is 24.3 Å². The van der Waals surface area contributed by atoms with Crippen molar-refractivity contribution in [3.63, 3.8) is 0 Å². The topological polar surface area (TPSA) is 104 Å². The number of nitrogens with one attached hydrogen (secondary N) is 1. The number of hydrogen-bond donors (Lipinski definition) is 1. The van der Waals surface area contributed by atoms with Crippen molar-refractivity contribution in [2.45, 2.75) is 26.6 Å². The number of amides is 2. The fourth-order valence-corrected chi connectivity index (χ4v) is 3.46. The lowest BCUT2D eigenvalue weighted by Crippen LogP contribution is -2.35. The van der Waals surface area contributed by atoms with Crippen LogP contribution in [0, 0.1) is 13.8 Å². The number of alkyl halides is 3. The van der Waals surface area contributed by atoms with Gasteiger partial charge in [-0.15, -0.1) is 0 Å². The summed E-state index contributed by atoms with van der Waals surface area (Å²) in [6.07, 6.45) is -2.26. The summed E-state index contributed by atoms with van der Waals surface area (Å²) in [7, 11) is 1.90. The Kier molecular flexibility index (Phi) is 6.05. The molecule has 0 aliphatic carbocycles. The van der Waals surface area contributed by atoms with Crippen LogP contribution in [0.1, 0.15) is 22.6 Å². The van der Waals surface area contributed by atoms with E-state index in [1.807, 2.05) is 49.8 Å². The van der Waals surface area contributed by atoms with Crippen molar-refractivity contribution in [2.75, 3.05) is 5.32 Å². The fraction of sp³-hybridized carbons (Fsp3) is 0.227. The Morgan fingerprint density at radius 1 is 1.21 bits per heavy atom. The van der Waals surface area contributed by atoms with E-state index in [-0.39, 0.29) is 11.6 Å². The summed E-state index contributed by atoms with van der Waals surface area (Å²) in [5.74, 6) is -0.0965. The Hall–Kier alpha value is -4.22. The van der Waals surface area contributed by atoms with Crippen LogP contribution in [0.4, 0.5) is 29.5 Å². The molecule has 0 atom stereocenters. The van der Waals surface area contributed by atoms with Crippen LogP contribution in [-0.2, 0) is 19.8 Å². The maximum absolute atomic E-state index is 12.8. The van der Waals surface area contributed by atoms with Crippen molar-refractivity contribution in [2.24, 2.45) is 7.05 Å². The summed E-state index contributed by atoms with van der Waals surface area (Å²) in [6.45, 7) is 4.34. The Labute approximate surface area is 192 Å². The number of halogens is 3. The zero-order chi connectivity index (χ0) is 24.5. The minimum absolute atomic E-state index is 0.0948. The first kappa shape index (κ1) is 23.0. The molecule has 4 aromatic rings. The molecule has 0 radical (unpaired) electrons. The third-order valence-electron chi connectivity index (χ3n) is 5.11. The summed E-state index contributed by atoms with van der Waals surface area (Å²) < 4.78 is 46.6. The predicted molar refractivity (Wildman–Crippen MR) is 115 cm³/mol. The van der Waals surface area contributed by atoms with Gasteiger partial charge in [0.2, 0.25) is 18.6 Å². The highest BCUT2D eigenvalue weighted by molar-refractivity contribution is 6.03. The molecule has 3 heterocycles. The number of nitrogens with zero attached hydrogens (tertiary/aromatic N) is 6. The van der Waals surface area contributed by atoms with Crippen LogP contribution in [0.5, 0.6) is 0 Å². The van der Waals surface area contributed by atoms with E-state index in [0.717, 1.165) is 34.3 Å². The molecule has 0 bridgehead atoms. The monoisotopic (exact) mass is 471 g/mol. The van der Waals surface area contributed by atoms with Crippen molar-refractivity contribution in [1.29, 1.82) is 0 Å². The van der Waals surface area contributed by atoms with Crippen molar-refractivity contribution in [1.82, 2.24) is 20.0 Å². The summed E-state index contributed by atoms with van der Waals surface area (Å²) in [6, 6.07) is 8.93. The lowest BCUT2D eigenvalue weighted by Gasteiger charge is -2.14. The Morgan fingerprint density at radius 3 is 2.59 bits per heavy atom. The largest absolute Gasteiger partial charge is 0.433 e. The molecule has 0 aliphatic heterocycles. The maximum Gasteiger partial charge on any atom is 0.433 e. The number of carbonyl (C=O) groups is 1. The van der Waals surface area contributed by atoms with Gasteiger partial charge in [0, 0.05) is 30.1 Å². The van der Waals surface area contributed by atoms with E-state index in [0.29, 0.717) is 12.6 Å². The van der Waals surface area contributed by atoms with Crippen LogP contribution in [0.15, 0.2) is 53.3 Å². The normalized spacial score (nSPS) is 11.5. The zero-order valence-corrected chi connectivity index (χ0v) is 18.5. The standard InChI is InChI=1S/C22H20F3N7O2/c1-13-20(14(2)31(3)29-13)16-6-4-15(5-7-16)11-32-12-19(34-30-32)28-21(33)27-17-8-9-26-18(10-17)22(23,24)25/h4-10,12H,11H2,1-3H3,(H-,26,27,28,30,33). The number of benzene rings is 1. The smallest absolute Gasteiger partial charge is 0.424 e. The van der Waals surface area contributed by atoms with Crippen molar-refractivity contribution in [3.05, 3.63) is 76.8 Å². The van der Waals surface area contributed by atoms with Gasteiger partial charge in [-0.3, -0.25) is 14.5 Å². The molecule has 0 fully saturated rings. The first-order valence-electron chi connectivity index (χ1n) is 10.1. The molecule has 0 aliphatic rings. The average Bonchev–Trinajstić information content (AvgIpc) is 3.31. The Morgan fingerprint density at radius 2 is 1.94 bits per heavy atom. The third-order valence-corrected chi connectivity index (χ3v) is 5.11. The van der Waals surface area contributed by atoms with E-state index >= 15 is 0 Å². The maximum atomic E-state index is 12.8. The molecule has 0 unspecified atom stereocenters. The molecule has 9 nitrogen and oxygen atoms in total. The van der Waals surface area contributed by atoms with E-state index in [4.69, 9.17) is 4.52 Å². The van der Waals surface area contributed by atoms with Gasteiger partial charge in [-0.05, 0) is 41.9 Å². The summed E-state index contributed by atoms with van der Waals surface area (Å²) in [5.41, 5.74) is 3.88. The number of hydrogen-bond acceptors (Lipinski definition) is 5. The van der Waals surface area contributed by atoms with Crippen LogP contribution in [0.3, 0.4) is 0 Å². The molecule has 1 N–H and O–H groups in total. The molecule has 34 heavy (non-hydrogen) atoms. The van der Waals surface area contributed by atoms with Gasteiger partial charge in [0.25, 0.3) is 0 Å². The molecule has 3 aromatic heterocycles. The molecule has 12 heteroatoms. The number of aromatic nitrogens is 5. The van der Waals surface area contributed by atoms with Gasteiger partial charge in [0.15, 0.2) is 11.3 Å². The lowest BCUT2D eigenvalue weighted by atomic mass is 10.0. The SMILES string of the molecule is Cc1nn(C)c(C)c1-c1ccc(C[n+]2cc([N-]C(=O)Nc3ccnc(C(F)(F)F)c3)on2)cc1. The van der Waals surface area contributed by atoms with E-state index in [2.05, 4.69) is 26.0 Å². The fourth-order valence-electron chi connectivity index (χ4n) is 3.46. The Bertz CT molecular complexity index is 1330. The molecular weight excluding hydrogens is 451 g/mol. The van der Waals surface area contributed by atoms with Gasteiger partial charge < -0.3 is 15.2 Å². The Balaban J connectivity index is 1.38. The number of aryl methyl sites for hydroxylation is 2. The second kappa shape index (κ2) is 8.96. The minimum atomic E-state index is -4.62. The van der Waals surface area contributed by atoms with E-state index in [1.165, 1.54) is 16.9 Å². The quantitative estimate of drug-likeness (QED) is 0.426. The molecule has 0 saturated heterocycles. The molecule has 0 saturated carbocycles. The van der Waals surface area contributed by atoms with Crippen LogP contribution in [0.2, 0.25) is 0 Å². The second-order valence-electron chi connectivity index (χ2n) is 7.57. The minimum Gasteiger partial charge on any atom is -0.424 e. The lowest BCUT2D eigenvalue weighted by molar-refractivity contribution is -0.754. The molecule has 2 amide bonds. The number of carbonyl (C=O) groups excluding carboxylic acids is 1. The van der Waals surface area contributed by atoms with E-state index in [9.17, 15) is 18.0 Å².